The van der Waals surface area contributed by atoms with Crippen LogP contribution in [0.1, 0.15) is 13.8 Å². The van der Waals surface area contributed by atoms with Gasteiger partial charge in [-0.1, -0.05) is 31.2 Å². The molecular weight excluding hydrogens is 136 g/mol. The smallest absolute Gasteiger partial charge is 0.145 e. The molecule has 0 aliphatic heterocycles. The Morgan fingerprint density at radius 1 is 1.55 bits per heavy atom. The van der Waals surface area contributed by atoms with E-state index in [0.717, 1.165) is 11.9 Å². The average Bonchev–Trinajstić information content (AvgIpc) is 2.04. The number of hydrogen-bond acceptors (Lipinski definition) is 1. The largest absolute Gasteiger partial charge is 0.298 e. The molecule has 0 heterocycles. The van der Waals surface area contributed by atoms with Gasteiger partial charge in [0.15, 0.2) is 0 Å². The van der Waals surface area contributed by atoms with Gasteiger partial charge < -0.3 is 0 Å². The van der Waals surface area contributed by atoms with E-state index in [4.69, 9.17) is 0 Å². The van der Waals surface area contributed by atoms with Crippen LogP contribution < -0.4 is 0 Å². The van der Waals surface area contributed by atoms with Gasteiger partial charge in [0, 0.05) is 0 Å². The van der Waals surface area contributed by atoms with Gasteiger partial charge in [-0.05, 0) is 18.4 Å². The molecule has 0 aliphatic carbocycles. The molecule has 0 aromatic rings. The Bertz CT molecular complexity index is 187. The minimum absolute atomic E-state index is 0.366. The van der Waals surface area contributed by atoms with Gasteiger partial charge in [-0.3, -0.25) is 4.79 Å². The van der Waals surface area contributed by atoms with Crippen LogP contribution in [0.3, 0.4) is 0 Å². The third-order valence-electron chi connectivity index (χ3n) is 1.33. The number of aldehydes is 1. The van der Waals surface area contributed by atoms with E-state index in [-0.39, 0.29) is 0 Å². The summed E-state index contributed by atoms with van der Waals surface area (Å²) in [4.78, 5) is 10.1. The van der Waals surface area contributed by atoms with Crippen molar-refractivity contribution in [3.05, 3.63) is 36.5 Å². The predicted molar refractivity (Wildman–Crippen MR) is 48.3 cm³/mol. The van der Waals surface area contributed by atoms with Crippen LogP contribution in [-0.2, 0) is 4.79 Å². The van der Waals surface area contributed by atoms with E-state index in [1.54, 1.807) is 13.0 Å². The van der Waals surface area contributed by atoms with E-state index in [1.807, 2.05) is 25.2 Å². The van der Waals surface area contributed by atoms with Gasteiger partial charge in [0.2, 0.25) is 0 Å². The first-order valence-electron chi connectivity index (χ1n) is 3.63. The van der Waals surface area contributed by atoms with Gasteiger partial charge in [-0.2, -0.15) is 0 Å². The lowest BCUT2D eigenvalue weighted by molar-refractivity contribution is -0.104. The molecule has 1 unspecified atom stereocenters. The number of rotatable bonds is 4. The molecule has 0 fully saturated rings. The Labute approximate surface area is 68.1 Å². The highest BCUT2D eigenvalue weighted by molar-refractivity contribution is 5.72. The summed E-state index contributed by atoms with van der Waals surface area (Å²) in [6, 6.07) is 0. The van der Waals surface area contributed by atoms with Gasteiger partial charge in [-0.25, -0.2) is 0 Å². The predicted octanol–water partition coefficient (Wildman–Crippen LogP) is 2.51. The molecule has 0 aromatic heterocycles. The molecule has 1 heteroatoms. The first kappa shape index (κ1) is 9.89. The molecule has 1 atom stereocenters. The maximum Gasteiger partial charge on any atom is 0.145 e. The molecule has 0 N–H and O–H groups in total. The van der Waals surface area contributed by atoms with Crippen molar-refractivity contribution in [2.24, 2.45) is 5.92 Å². The molecule has 0 aliphatic rings. The highest BCUT2D eigenvalue weighted by atomic mass is 16.1. The number of carbonyl (C=O) groups is 1. The molecule has 1 nitrogen and oxygen atoms in total. The zero-order chi connectivity index (χ0) is 8.69. The quantitative estimate of drug-likeness (QED) is 0.260. The standard InChI is InChI=1S/C10H14O/c1-4-9(2)6-5-7-10(3)8-11/h4-9H,1H2,2-3H3/b6-5?,10-7+. The second kappa shape index (κ2) is 5.66. The lowest BCUT2D eigenvalue weighted by Crippen LogP contribution is -1.79. The minimum Gasteiger partial charge on any atom is -0.298 e. The van der Waals surface area contributed by atoms with Crippen LogP contribution in [0, 0.1) is 5.92 Å². The van der Waals surface area contributed by atoms with Gasteiger partial charge in [0.25, 0.3) is 0 Å². The molecule has 60 valence electrons. The average molecular weight is 150 g/mol. The van der Waals surface area contributed by atoms with Gasteiger partial charge in [-0.15, -0.1) is 6.58 Å². The Hall–Kier alpha value is -1.11. The number of hydrogen-bond donors (Lipinski definition) is 0. The summed E-state index contributed by atoms with van der Waals surface area (Å²) in [5.74, 6) is 0.366. The fourth-order valence-electron chi connectivity index (χ4n) is 0.500. The summed E-state index contributed by atoms with van der Waals surface area (Å²) in [5, 5.41) is 0. The summed E-state index contributed by atoms with van der Waals surface area (Å²) in [7, 11) is 0. The summed E-state index contributed by atoms with van der Waals surface area (Å²) in [5.41, 5.74) is 0.734. The van der Waals surface area contributed by atoms with Crippen molar-refractivity contribution >= 4 is 6.29 Å². The first-order valence-corrected chi connectivity index (χ1v) is 3.63. The zero-order valence-corrected chi connectivity index (χ0v) is 7.08. The summed E-state index contributed by atoms with van der Waals surface area (Å²) < 4.78 is 0. The molecular formula is C10H14O. The summed E-state index contributed by atoms with van der Waals surface area (Å²) in [6.07, 6.45) is 8.33. The summed E-state index contributed by atoms with van der Waals surface area (Å²) >= 11 is 0. The zero-order valence-electron chi connectivity index (χ0n) is 7.08. The van der Waals surface area contributed by atoms with Gasteiger partial charge in [0.1, 0.15) is 6.29 Å². The van der Waals surface area contributed by atoms with Crippen LogP contribution in [-0.4, -0.2) is 6.29 Å². The molecule has 0 amide bonds. The van der Waals surface area contributed by atoms with E-state index in [2.05, 4.69) is 6.58 Å². The van der Waals surface area contributed by atoms with Gasteiger partial charge >= 0.3 is 0 Å². The van der Waals surface area contributed by atoms with Crippen molar-refractivity contribution in [2.75, 3.05) is 0 Å². The SMILES string of the molecule is C=CC(C)C=C/C=C(\C)C=O. The topological polar surface area (TPSA) is 17.1 Å². The fraction of sp³-hybridized carbons (Fsp3) is 0.300. The highest BCUT2D eigenvalue weighted by Gasteiger charge is 1.84. The Morgan fingerprint density at radius 2 is 2.18 bits per heavy atom. The number of carbonyl (C=O) groups excluding carboxylic acids is 1. The first-order chi connectivity index (χ1) is 5.20. The van der Waals surface area contributed by atoms with E-state index in [9.17, 15) is 4.79 Å². The lowest BCUT2D eigenvalue weighted by atomic mass is 10.1. The fourth-order valence-corrected chi connectivity index (χ4v) is 0.500. The Morgan fingerprint density at radius 3 is 2.64 bits per heavy atom. The van der Waals surface area contributed by atoms with Crippen molar-refractivity contribution in [1.82, 2.24) is 0 Å². The van der Waals surface area contributed by atoms with Crippen LogP contribution in [0.25, 0.3) is 0 Å². The maximum atomic E-state index is 10.1. The molecule has 0 saturated carbocycles. The van der Waals surface area contributed by atoms with E-state index >= 15 is 0 Å². The van der Waals surface area contributed by atoms with Crippen molar-refractivity contribution in [2.45, 2.75) is 13.8 Å². The van der Waals surface area contributed by atoms with Crippen molar-refractivity contribution in [3.63, 3.8) is 0 Å². The second-order valence-corrected chi connectivity index (χ2v) is 2.51. The third-order valence-corrected chi connectivity index (χ3v) is 1.33. The molecule has 11 heavy (non-hydrogen) atoms. The maximum absolute atomic E-state index is 10.1. The Balaban J connectivity index is 3.94. The molecule has 0 radical (unpaired) electrons. The van der Waals surface area contributed by atoms with Crippen LogP contribution in [0.2, 0.25) is 0 Å². The summed E-state index contributed by atoms with van der Waals surface area (Å²) in [6.45, 7) is 7.45. The minimum atomic E-state index is 0.366. The van der Waals surface area contributed by atoms with Crippen LogP contribution >= 0.6 is 0 Å². The third kappa shape index (κ3) is 5.34. The van der Waals surface area contributed by atoms with E-state index in [1.165, 1.54) is 0 Å². The second-order valence-electron chi connectivity index (χ2n) is 2.51. The molecule has 0 rings (SSSR count). The molecule has 0 aromatic carbocycles. The Kier molecular flexibility index (Phi) is 5.09. The monoisotopic (exact) mass is 150 g/mol. The van der Waals surface area contributed by atoms with Crippen molar-refractivity contribution in [3.8, 4) is 0 Å². The van der Waals surface area contributed by atoms with Crippen LogP contribution in [0.15, 0.2) is 36.5 Å². The van der Waals surface area contributed by atoms with Gasteiger partial charge in [0.05, 0.1) is 0 Å². The normalized spacial score (nSPS) is 14.9. The van der Waals surface area contributed by atoms with Crippen LogP contribution in [0.5, 0.6) is 0 Å². The number of allylic oxidation sites excluding steroid dienone is 5. The van der Waals surface area contributed by atoms with Crippen LogP contribution in [0.4, 0.5) is 0 Å². The van der Waals surface area contributed by atoms with E-state index in [0.29, 0.717) is 5.92 Å². The molecule has 0 bridgehead atoms. The van der Waals surface area contributed by atoms with Crippen molar-refractivity contribution in [1.29, 1.82) is 0 Å². The molecule has 0 spiro atoms. The highest BCUT2D eigenvalue weighted by Crippen LogP contribution is 1.98. The lowest BCUT2D eigenvalue weighted by Gasteiger charge is -1.92. The van der Waals surface area contributed by atoms with Crippen molar-refractivity contribution < 1.29 is 4.79 Å². The molecule has 0 saturated heterocycles. The van der Waals surface area contributed by atoms with E-state index < -0.39 is 0 Å².